The van der Waals surface area contributed by atoms with Crippen LogP contribution in [-0.2, 0) is 0 Å². The lowest BCUT2D eigenvalue weighted by molar-refractivity contribution is -0.440. The van der Waals surface area contributed by atoms with Gasteiger partial charge in [-0.3, -0.25) is 9.97 Å². The summed E-state index contributed by atoms with van der Waals surface area (Å²) in [7, 11) is 0. The Kier molecular flexibility index (Phi) is 15.4. The van der Waals surface area contributed by atoms with Crippen molar-refractivity contribution >= 4 is 0 Å². The Morgan fingerprint density at radius 2 is 0.586 bits per heavy atom. The highest BCUT2D eigenvalue weighted by Crippen LogP contribution is 2.62. The van der Waals surface area contributed by atoms with Crippen molar-refractivity contribution in [3.05, 3.63) is 85.2 Å². The van der Waals surface area contributed by atoms with Crippen molar-refractivity contribution in [3.8, 4) is 45.1 Å². The maximum atomic E-state index is 14.1. The van der Waals surface area contributed by atoms with Crippen LogP contribution in [-0.4, -0.2) is 94.8 Å². The van der Waals surface area contributed by atoms with E-state index < -0.39 is 110 Å². The number of nitrogens with zero attached hydrogens (tertiary/aromatic N) is 2. The van der Waals surface area contributed by atoms with Crippen LogP contribution in [0, 0.1) is 0 Å². The van der Waals surface area contributed by atoms with Crippen LogP contribution >= 0.6 is 0 Å². The Bertz CT molecular complexity index is 2230. The van der Waals surface area contributed by atoms with E-state index in [1.165, 1.54) is 85.2 Å². The molecule has 4 aromatic rings. The van der Waals surface area contributed by atoms with Crippen LogP contribution in [0.2, 0.25) is 0 Å². The molecule has 4 rings (SSSR count). The van der Waals surface area contributed by atoms with E-state index in [-0.39, 0.29) is 22.9 Å². The van der Waals surface area contributed by atoms with Gasteiger partial charge in [0, 0.05) is 25.2 Å². The quantitative estimate of drug-likeness (QED) is 0.0616. The smallest absolute Gasteiger partial charge is 0.460 e. The van der Waals surface area contributed by atoms with Crippen molar-refractivity contribution in [1.29, 1.82) is 0 Å². The summed E-state index contributed by atoms with van der Waals surface area (Å²) in [6.07, 6.45) is -20.0. The van der Waals surface area contributed by atoms with Gasteiger partial charge in [-0.05, 0) is 83.6 Å². The minimum absolute atomic E-state index is 0.179. The summed E-state index contributed by atoms with van der Waals surface area (Å²) in [5, 5.41) is 0. The maximum Gasteiger partial charge on any atom is 0.460 e. The Morgan fingerprint density at radius 3 is 0.857 bits per heavy atom. The van der Waals surface area contributed by atoms with Crippen LogP contribution < -0.4 is 9.47 Å². The number of benzene rings is 2. The van der Waals surface area contributed by atoms with Gasteiger partial charge in [-0.25, -0.2) is 0 Å². The van der Waals surface area contributed by atoms with E-state index in [0.717, 1.165) is 0 Å². The summed E-state index contributed by atoms with van der Waals surface area (Å²) in [5.41, 5.74) is 2.10. The van der Waals surface area contributed by atoms with Gasteiger partial charge in [0.1, 0.15) is 11.5 Å². The lowest BCUT2D eigenvalue weighted by Gasteiger charge is -2.39. The third kappa shape index (κ3) is 10.2. The van der Waals surface area contributed by atoms with Crippen molar-refractivity contribution in [3.63, 3.8) is 0 Å². The molecule has 0 spiro atoms. The van der Waals surface area contributed by atoms with Crippen molar-refractivity contribution in [2.75, 3.05) is 13.2 Å². The van der Waals surface area contributed by atoms with Crippen LogP contribution in [0.5, 0.6) is 11.5 Å². The number of halogens is 26. The molecule has 0 amide bonds. The van der Waals surface area contributed by atoms with Crippen molar-refractivity contribution in [2.24, 2.45) is 0 Å². The number of pyridine rings is 2. The summed E-state index contributed by atoms with van der Waals surface area (Å²) in [6, 6.07) is 16.1. The van der Waals surface area contributed by atoms with E-state index in [1.54, 1.807) is 0 Å². The molecule has 0 aliphatic carbocycles. The van der Waals surface area contributed by atoms with Crippen molar-refractivity contribution < 1.29 is 124 Å². The SMILES string of the molecule is FC(F)(F)C(F)(F)C(F)(F)C(F)(F)C(F)(F)C(F)(F)CCCOc1ccc(-c2ccnc(-c3cc(-c4ccc(OCCCC(F)(F)C(F)(F)C(F)(F)C(F)(F)C(F)(F)C(F)(F)F)cc4)ccn3)c2)cc1. The zero-order valence-corrected chi connectivity index (χ0v) is 33.9. The van der Waals surface area contributed by atoms with Crippen LogP contribution in [0.4, 0.5) is 114 Å². The zero-order valence-electron chi connectivity index (χ0n) is 33.9. The second-order valence-electron chi connectivity index (χ2n) is 14.8. The molecule has 0 radical (unpaired) electrons. The van der Waals surface area contributed by atoms with Gasteiger partial charge in [0.2, 0.25) is 0 Å². The molecule has 0 saturated carbocycles. The van der Waals surface area contributed by atoms with Gasteiger partial charge in [0.15, 0.2) is 0 Å². The third-order valence-electron chi connectivity index (χ3n) is 9.96. The van der Waals surface area contributed by atoms with Gasteiger partial charge in [0.05, 0.1) is 24.6 Å². The first kappa shape index (κ1) is 57.1. The molecule has 2 aromatic carbocycles. The van der Waals surface area contributed by atoms with E-state index in [1.807, 2.05) is 0 Å². The molecule has 4 nitrogen and oxygen atoms in total. The fraction of sp³-hybridized carbons (Fsp3) is 0.450. The first-order valence-corrected chi connectivity index (χ1v) is 18.9. The van der Waals surface area contributed by atoms with E-state index in [4.69, 9.17) is 9.47 Å². The summed E-state index contributed by atoms with van der Waals surface area (Å²) >= 11 is 0. The summed E-state index contributed by atoms with van der Waals surface area (Å²) in [6.45, 7) is -2.02. The molecule has 0 aliphatic rings. The molecule has 0 N–H and O–H groups in total. The van der Waals surface area contributed by atoms with Gasteiger partial charge in [-0.15, -0.1) is 0 Å². The normalized spacial score (nSPS) is 14.5. The Balaban J connectivity index is 1.35. The number of hydrogen-bond acceptors (Lipinski definition) is 4. The molecular formula is C40H26F26N2O2. The molecule has 0 atom stereocenters. The second-order valence-corrected chi connectivity index (χ2v) is 14.8. The van der Waals surface area contributed by atoms with E-state index in [9.17, 15) is 114 Å². The van der Waals surface area contributed by atoms with Crippen LogP contribution in [0.25, 0.3) is 33.6 Å². The Hall–Kier alpha value is -5.48. The average molecular weight is 1060 g/mol. The number of hydrogen-bond donors (Lipinski definition) is 0. The van der Waals surface area contributed by atoms with Crippen molar-refractivity contribution in [1.82, 2.24) is 9.97 Å². The predicted molar refractivity (Wildman–Crippen MR) is 189 cm³/mol. The molecule has 0 saturated heterocycles. The molecule has 0 fully saturated rings. The van der Waals surface area contributed by atoms with Crippen LogP contribution in [0.3, 0.4) is 0 Å². The van der Waals surface area contributed by atoms with Gasteiger partial charge >= 0.3 is 71.6 Å². The highest BCUT2D eigenvalue weighted by atomic mass is 19.4. The van der Waals surface area contributed by atoms with E-state index >= 15 is 0 Å². The fourth-order valence-corrected chi connectivity index (χ4v) is 5.87. The largest absolute Gasteiger partial charge is 0.494 e. The molecule has 0 aliphatic heterocycles. The number of rotatable bonds is 21. The molecular weight excluding hydrogens is 1030 g/mol. The van der Waals surface area contributed by atoms with Gasteiger partial charge in [-0.2, -0.15) is 114 Å². The minimum atomic E-state index is -8.01. The summed E-state index contributed by atoms with van der Waals surface area (Å²) < 4.78 is 357. The second kappa shape index (κ2) is 18.9. The molecule has 0 bridgehead atoms. The Morgan fingerprint density at radius 1 is 0.314 bits per heavy atom. The summed E-state index contributed by atoms with van der Waals surface area (Å²) in [4.78, 5) is 8.41. The van der Waals surface area contributed by atoms with Gasteiger partial charge < -0.3 is 9.47 Å². The van der Waals surface area contributed by atoms with Gasteiger partial charge in [-0.1, -0.05) is 24.3 Å². The van der Waals surface area contributed by atoms with Crippen LogP contribution in [0.15, 0.2) is 85.2 Å². The molecule has 390 valence electrons. The number of aromatic nitrogens is 2. The summed E-state index contributed by atoms with van der Waals surface area (Å²) in [5.74, 6) is -75.2. The zero-order chi connectivity index (χ0) is 53.6. The highest BCUT2D eigenvalue weighted by molar-refractivity contribution is 5.73. The molecule has 70 heavy (non-hydrogen) atoms. The molecule has 30 heteroatoms. The third-order valence-corrected chi connectivity index (χ3v) is 9.96. The topological polar surface area (TPSA) is 44.2 Å². The standard InChI is InChI=1S/C40H26F26N2O2/c41-29(42,31(45,46)33(49,50)35(53,54)37(57,58)39(61,62)63)13-1-17-69-25-7-3-21(4-8-25)23-11-15-67-27(19-23)28-20-24(12-16-68-28)22-5-9-26(10-6-22)70-18-2-14-30(43,44)32(47,48)34(51,52)36(55,56)38(59,60)40(64,65)66/h3-12,15-16,19-20H,1-2,13-14,17-18H2. The first-order valence-electron chi connectivity index (χ1n) is 18.9. The lowest BCUT2D eigenvalue weighted by atomic mass is 9.92. The molecule has 2 heterocycles. The minimum Gasteiger partial charge on any atom is -0.494 e. The number of alkyl halides is 26. The first-order chi connectivity index (χ1) is 31.6. The maximum absolute atomic E-state index is 14.1. The Labute approximate surface area is 374 Å². The lowest BCUT2D eigenvalue weighted by Crippen LogP contribution is -2.70. The highest BCUT2D eigenvalue weighted by Gasteiger charge is 2.92. The molecule has 2 aromatic heterocycles. The fourth-order valence-electron chi connectivity index (χ4n) is 5.87. The van der Waals surface area contributed by atoms with Gasteiger partial charge in [0.25, 0.3) is 0 Å². The molecule has 0 unspecified atom stereocenters. The van der Waals surface area contributed by atoms with Crippen molar-refractivity contribution in [2.45, 2.75) is 97.3 Å². The van der Waals surface area contributed by atoms with E-state index in [2.05, 4.69) is 9.97 Å². The average Bonchev–Trinajstić information content (AvgIpc) is 3.26. The monoisotopic (exact) mass is 1060 g/mol. The van der Waals surface area contributed by atoms with Crippen LogP contribution in [0.1, 0.15) is 25.7 Å². The number of ether oxygens (including phenoxy) is 2. The predicted octanol–water partition coefficient (Wildman–Crippen LogP) is 15.3. The van der Waals surface area contributed by atoms with E-state index in [0.29, 0.717) is 22.3 Å².